The Morgan fingerprint density at radius 2 is 1.95 bits per heavy atom. The lowest BCUT2D eigenvalue weighted by Crippen LogP contribution is -2.27. The molecule has 0 aliphatic carbocycles. The molecular formula is C15H17N3O2. The van der Waals surface area contributed by atoms with Crippen molar-refractivity contribution >= 4 is 11.6 Å². The number of nitrogens with two attached hydrogens (primary N) is 1. The highest BCUT2D eigenvalue weighted by Crippen LogP contribution is 2.19. The van der Waals surface area contributed by atoms with Gasteiger partial charge in [0.1, 0.15) is 11.4 Å². The second-order valence-corrected chi connectivity index (χ2v) is 4.32. The molecule has 0 aliphatic heterocycles. The van der Waals surface area contributed by atoms with Gasteiger partial charge in [-0.05, 0) is 35.9 Å². The molecule has 2 rings (SSSR count). The Labute approximate surface area is 118 Å². The molecule has 1 aromatic heterocycles. The van der Waals surface area contributed by atoms with E-state index in [0.717, 1.165) is 17.0 Å². The second kappa shape index (κ2) is 6.16. The van der Waals surface area contributed by atoms with Gasteiger partial charge in [-0.3, -0.25) is 9.78 Å². The highest BCUT2D eigenvalue weighted by Gasteiger charge is 2.14. The van der Waals surface area contributed by atoms with E-state index in [9.17, 15) is 4.79 Å². The number of methoxy groups -OCH3 is 1. The third-order valence-electron chi connectivity index (χ3n) is 3.04. The molecule has 104 valence electrons. The molecule has 0 atom stereocenters. The van der Waals surface area contributed by atoms with Crippen molar-refractivity contribution in [2.45, 2.75) is 6.54 Å². The molecule has 0 saturated heterocycles. The maximum Gasteiger partial charge on any atom is 0.276 e. The van der Waals surface area contributed by atoms with Gasteiger partial charge >= 0.3 is 0 Å². The molecule has 0 radical (unpaired) electrons. The minimum atomic E-state index is -0.168. The Morgan fingerprint density at radius 3 is 2.45 bits per heavy atom. The molecule has 1 amide bonds. The van der Waals surface area contributed by atoms with Crippen molar-refractivity contribution in [1.29, 1.82) is 0 Å². The first-order valence-corrected chi connectivity index (χ1v) is 6.23. The molecule has 0 spiro atoms. The zero-order valence-electron chi connectivity index (χ0n) is 11.5. The Morgan fingerprint density at radius 1 is 1.25 bits per heavy atom. The van der Waals surface area contributed by atoms with Gasteiger partial charge in [0.15, 0.2) is 0 Å². The highest BCUT2D eigenvalue weighted by atomic mass is 16.5. The predicted octanol–water partition coefficient (Wildman–Crippen LogP) is 1.83. The lowest BCUT2D eigenvalue weighted by Gasteiger charge is -2.17. The summed E-state index contributed by atoms with van der Waals surface area (Å²) in [5, 5.41) is 0. The predicted molar refractivity (Wildman–Crippen MR) is 77.9 cm³/mol. The fourth-order valence-corrected chi connectivity index (χ4v) is 1.77. The summed E-state index contributed by atoms with van der Waals surface area (Å²) in [6.07, 6.45) is 1.62. The van der Waals surface area contributed by atoms with Gasteiger partial charge in [-0.15, -0.1) is 0 Å². The molecule has 5 heteroatoms. The number of carbonyl (C=O) groups is 1. The monoisotopic (exact) mass is 271 g/mol. The number of carbonyl (C=O) groups excluding carboxylic acids is 1. The average molecular weight is 271 g/mol. The third-order valence-corrected chi connectivity index (χ3v) is 3.04. The zero-order valence-corrected chi connectivity index (χ0v) is 11.5. The molecule has 5 nitrogen and oxygen atoms in total. The minimum Gasteiger partial charge on any atom is -0.497 e. The summed E-state index contributed by atoms with van der Waals surface area (Å²) in [6, 6.07) is 10.8. The van der Waals surface area contributed by atoms with Gasteiger partial charge in [-0.2, -0.15) is 0 Å². The van der Waals surface area contributed by atoms with Gasteiger partial charge < -0.3 is 15.4 Å². The number of amides is 1. The third kappa shape index (κ3) is 2.95. The van der Waals surface area contributed by atoms with Crippen LogP contribution in [0.15, 0.2) is 42.6 Å². The molecule has 2 aromatic rings. The molecule has 0 bridgehead atoms. The number of hydrogen-bond acceptors (Lipinski definition) is 4. The van der Waals surface area contributed by atoms with Crippen molar-refractivity contribution in [3.8, 4) is 5.75 Å². The van der Waals surface area contributed by atoms with Crippen LogP contribution in [0, 0.1) is 0 Å². The quantitative estimate of drug-likeness (QED) is 0.921. The van der Waals surface area contributed by atoms with Gasteiger partial charge in [0.25, 0.3) is 5.91 Å². The summed E-state index contributed by atoms with van der Waals surface area (Å²) in [5.74, 6) is 0.582. The Bertz CT molecular complexity index is 579. The number of anilines is 1. The van der Waals surface area contributed by atoms with Crippen molar-refractivity contribution in [2.75, 3.05) is 19.1 Å². The van der Waals surface area contributed by atoms with Gasteiger partial charge in [0, 0.05) is 25.5 Å². The van der Waals surface area contributed by atoms with Crippen LogP contribution in [0.25, 0.3) is 0 Å². The van der Waals surface area contributed by atoms with E-state index in [-0.39, 0.29) is 5.91 Å². The van der Waals surface area contributed by atoms with Gasteiger partial charge in [0.05, 0.1) is 7.11 Å². The van der Waals surface area contributed by atoms with Crippen LogP contribution in [-0.2, 0) is 6.54 Å². The van der Waals surface area contributed by atoms with E-state index in [1.165, 1.54) is 0 Å². The van der Waals surface area contributed by atoms with Crippen molar-refractivity contribution in [1.82, 2.24) is 4.98 Å². The smallest absolute Gasteiger partial charge is 0.276 e. The first kappa shape index (κ1) is 14.0. The molecule has 0 saturated carbocycles. The SMILES string of the molecule is COc1ccc(N(C)C(=O)c2ccc(CN)cn2)cc1. The Kier molecular flexibility index (Phi) is 4.32. The van der Waals surface area contributed by atoms with Crippen LogP contribution in [-0.4, -0.2) is 25.0 Å². The fourth-order valence-electron chi connectivity index (χ4n) is 1.77. The fraction of sp³-hybridized carbons (Fsp3) is 0.200. The van der Waals surface area contributed by atoms with Crippen molar-refractivity contribution in [3.63, 3.8) is 0 Å². The van der Waals surface area contributed by atoms with Crippen LogP contribution in [0.4, 0.5) is 5.69 Å². The number of ether oxygens (including phenoxy) is 1. The highest BCUT2D eigenvalue weighted by molar-refractivity contribution is 6.04. The first-order valence-electron chi connectivity index (χ1n) is 6.23. The summed E-state index contributed by atoms with van der Waals surface area (Å²) < 4.78 is 5.09. The minimum absolute atomic E-state index is 0.168. The molecule has 0 aliphatic rings. The second-order valence-electron chi connectivity index (χ2n) is 4.32. The molecule has 0 unspecified atom stereocenters. The summed E-state index contributed by atoms with van der Waals surface area (Å²) in [7, 11) is 3.31. The molecule has 20 heavy (non-hydrogen) atoms. The molecule has 1 aromatic carbocycles. The van der Waals surface area contributed by atoms with Gasteiger partial charge in [-0.1, -0.05) is 6.07 Å². The normalized spacial score (nSPS) is 10.2. The van der Waals surface area contributed by atoms with E-state index in [0.29, 0.717) is 12.2 Å². The number of aromatic nitrogens is 1. The van der Waals surface area contributed by atoms with Crippen molar-refractivity contribution < 1.29 is 9.53 Å². The van der Waals surface area contributed by atoms with Crippen LogP contribution in [0.1, 0.15) is 16.1 Å². The van der Waals surface area contributed by atoms with Crippen molar-refractivity contribution in [3.05, 3.63) is 53.9 Å². The average Bonchev–Trinajstić information content (AvgIpc) is 2.53. The zero-order chi connectivity index (χ0) is 14.5. The lowest BCUT2D eigenvalue weighted by atomic mass is 10.2. The summed E-state index contributed by atoms with van der Waals surface area (Å²) in [5.41, 5.74) is 7.57. The van der Waals surface area contributed by atoms with E-state index >= 15 is 0 Å². The topological polar surface area (TPSA) is 68.5 Å². The maximum absolute atomic E-state index is 12.3. The number of benzene rings is 1. The largest absolute Gasteiger partial charge is 0.497 e. The van der Waals surface area contributed by atoms with E-state index in [1.54, 1.807) is 31.3 Å². The van der Waals surface area contributed by atoms with E-state index in [4.69, 9.17) is 10.5 Å². The van der Waals surface area contributed by atoms with Crippen LogP contribution in [0.2, 0.25) is 0 Å². The maximum atomic E-state index is 12.3. The van der Waals surface area contributed by atoms with E-state index < -0.39 is 0 Å². The summed E-state index contributed by atoms with van der Waals surface area (Å²) in [4.78, 5) is 18.0. The first-order chi connectivity index (χ1) is 9.65. The van der Waals surface area contributed by atoms with Crippen LogP contribution < -0.4 is 15.4 Å². The van der Waals surface area contributed by atoms with E-state index in [2.05, 4.69) is 4.98 Å². The van der Waals surface area contributed by atoms with Crippen LogP contribution in [0.3, 0.4) is 0 Å². The van der Waals surface area contributed by atoms with Gasteiger partial charge in [0.2, 0.25) is 0 Å². The van der Waals surface area contributed by atoms with Crippen LogP contribution >= 0.6 is 0 Å². The summed E-state index contributed by atoms with van der Waals surface area (Å²) in [6.45, 7) is 0.412. The number of nitrogens with zero attached hydrogens (tertiary/aromatic N) is 2. The van der Waals surface area contributed by atoms with Gasteiger partial charge in [-0.25, -0.2) is 0 Å². The Hall–Kier alpha value is -2.40. The number of pyridine rings is 1. The standard InChI is InChI=1S/C15H17N3O2/c1-18(12-4-6-13(20-2)7-5-12)15(19)14-8-3-11(9-16)10-17-14/h3-8,10H,9,16H2,1-2H3. The molecule has 1 heterocycles. The lowest BCUT2D eigenvalue weighted by molar-refractivity contribution is 0.0988. The van der Waals surface area contributed by atoms with Crippen molar-refractivity contribution in [2.24, 2.45) is 5.73 Å². The van der Waals surface area contributed by atoms with Crippen LogP contribution in [0.5, 0.6) is 5.75 Å². The van der Waals surface area contributed by atoms with E-state index in [1.807, 2.05) is 30.3 Å². The number of hydrogen-bond donors (Lipinski definition) is 1. The molecule has 0 fully saturated rings. The molecular weight excluding hydrogens is 254 g/mol. The summed E-state index contributed by atoms with van der Waals surface area (Å²) >= 11 is 0. The Balaban J connectivity index is 2.17. The molecule has 2 N–H and O–H groups in total. The number of rotatable bonds is 4.